The fourth-order valence-corrected chi connectivity index (χ4v) is 3.04. The molecule has 0 radical (unpaired) electrons. The lowest BCUT2D eigenvalue weighted by Crippen LogP contribution is -2.41. The number of methoxy groups -OCH3 is 1. The van der Waals surface area contributed by atoms with Crippen molar-refractivity contribution >= 4 is 5.78 Å². The number of hydrogen-bond acceptors (Lipinski definition) is 2. The van der Waals surface area contributed by atoms with Crippen LogP contribution in [0.5, 0.6) is 0 Å². The number of Topliss-reactive ketones (excluding diaryl/α,β-unsaturated/α-hetero) is 1. The third-order valence-electron chi connectivity index (χ3n) is 4.42. The van der Waals surface area contributed by atoms with Crippen molar-refractivity contribution in [3.8, 4) is 0 Å². The van der Waals surface area contributed by atoms with Gasteiger partial charge in [0.25, 0.3) is 0 Å². The lowest BCUT2D eigenvalue weighted by Gasteiger charge is -2.30. The van der Waals surface area contributed by atoms with Crippen LogP contribution >= 0.6 is 0 Å². The quantitative estimate of drug-likeness (QED) is 0.769. The van der Waals surface area contributed by atoms with Crippen LogP contribution in [0.25, 0.3) is 0 Å². The third kappa shape index (κ3) is 3.24. The van der Waals surface area contributed by atoms with Gasteiger partial charge in [-0.15, -0.1) is 0 Å². The topological polar surface area (TPSA) is 26.3 Å². The van der Waals surface area contributed by atoms with Crippen LogP contribution in [0.4, 0.5) is 0 Å². The van der Waals surface area contributed by atoms with Gasteiger partial charge in [-0.25, -0.2) is 0 Å². The van der Waals surface area contributed by atoms with Gasteiger partial charge in [0.15, 0.2) is 5.78 Å². The molecule has 0 bridgehead atoms. The Hall–Kier alpha value is -1.15. The number of carbonyl (C=O) groups excluding carboxylic acids is 1. The van der Waals surface area contributed by atoms with Crippen LogP contribution in [0, 0.1) is 6.92 Å². The molecule has 104 valence electrons. The van der Waals surface area contributed by atoms with Crippen molar-refractivity contribution in [1.29, 1.82) is 0 Å². The van der Waals surface area contributed by atoms with Gasteiger partial charge in [0.1, 0.15) is 5.60 Å². The third-order valence-corrected chi connectivity index (χ3v) is 4.42. The molecule has 1 fully saturated rings. The Kier molecular flexibility index (Phi) is 4.76. The van der Waals surface area contributed by atoms with E-state index < -0.39 is 5.60 Å². The SMILES string of the molecule is COC1(C(=O)Cc2ccccc2C)CCCCCC1. The van der Waals surface area contributed by atoms with E-state index in [-0.39, 0.29) is 5.78 Å². The minimum absolute atomic E-state index is 0.256. The van der Waals surface area contributed by atoms with Crippen molar-refractivity contribution in [3.05, 3.63) is 35.4 Å². The molecular weight excluding hydrogens is 236 g/mol. The maximum Gasteiger partial charge on any atom is 0.168 e. The molecule has 0 unspecified atom stereocenters. The van der Waals surface area contributed by atoms with Gasteiger partial charge in [-0.1, -0.05) is 49.9 Å². The van der Waals surface area contributed by atoms with E-state index in [9.17, 15) is 4.79 Å². The largest absolute Gasteiger partial charge is 0.370 e. The van der Waals surface area contributed by atoms with Crippen molar-refractivity contribution in [1.82, 2.24) is 0 Å². The number of carbonyl (C=O) groups is 1. The molecule has 0 aliphatic heterocycles. The lowest BCUT2D eigenvalue weighted by atomic mass is 9.85. The maximum atomic E-state index is 12.7. The standard InChI is InChI=1S/C17H24O2/c1-14-9-5-6-10-15(14)13-16(18)17(19-2)11-7-3-4-8-12-17/h5-6,9-10H,3-4,7-8,11-13H2,1-2H3. The van der Waals surface area contributed by atoms with Crippen molar-refractivity contribution in [2.45, 2.75) is 57.5 Å². The molecule has 0 heterocycles. The number of hydrogen-bond donors (Lipinski definition) is 0. The molecule has 0 spiro atoms. The summed E-state index contributed by atoms with van der Waals surface area (Å²) in [5.74, 6) is 0.256. The van der Waals surface area contributed by atoms with Crippen molar-refractivity contribution in [2.75, 3.05) is 7.11 Å². The van der Waals surface area contributed by atoms with Gasteiger partial charge in [-0.3, -0.25) is 4.79 Å². The van der Waals surface area contributed by atoms with E-state index in [0.29, 0.717) is 6.42 Å². The minimum atomic E-state index is -0.529. The van der Waals surface area contributed by atoms with E-state index in [2.05, 4.69) is 13.0 Å². The predicted octanol–water partition coefficient (Wildman–Crippen LogP) is 3.85. The summed E-state index contributed by atoms with van der Waals surface area (Å²) in [5.41, 5.74) is 1.79. The van der Waals surface area contributed by atoms with E-state index in [1.165, 1.54) is 18.4 Å². The Morgan fingerprint density at radius 1 is 1.16 bits per heavy atom. The fraction of sp³-hybridized carbons (Fsp3) is 0.588. The zero-order valence-electron chi connectivity index (χ0n) is 12.1. The Morgan fingerprint density at radius 2 is 1.79 bits per heavy atom. The molecule has 2 nitrogen and oxygen atoms in total. The lowest BCUT2D eigenvalue weighted by molar-refractivity contribution is -0.142. The molecule has 0 saturated heterocycles. The molecule has 0 aromatic heterocycles. The summed E-state index contributed by atoms with van der Waals surface area (Å²) < 4.78 is 5.68. The normalized spacial score (nSPS) is 18.8. The van der Waals surface area contributed by atoms with Crippen molar-refractivity contribution in [2.24, 2.45) is 0 Å². The van der Waals surface area contributed by atoms with Gasteiger partial charge < -0.3 is 4.74 Å². The van der Waals surface area contributed by atoms with Crippen LogP contribution in [0.3, 0.4) is 0 Å². The van der Waals surface area contributed by atoms with E-state index in [1.54, 1.807) is 7.11 Å². The molecule has 1 aromatic rings. The van der Waals surface area contributed by atoms with Crippen molar-refractivity contribution < 1.29 is 9.53 Å². The number of ketones is 1. The van der Waals surface area contributed by atoms with E-state index in [1.807, 2.05) is 18.2 Å². The minimum Gasteiger partial charge on any atom is -0.370 e. The van der Waals surface area contributed by atoms with E-state index >= 15 is 0 Å². The second kappa shape index (κ2) is 6.33. The van der Waals surface area contributed by atoms with Crippen LogP contribution < -0.4 is 0 Å². The smallest absolute Gasteiger partial charge is 0.168 e. The number of aryl methyl sites for hydroxylation is 1. The molecule has 1 saturated carbocycles. The Balaban J connectivity index is 2.14. The molecule has 1 aliphatic rings. The molecule has 0 atom stereocenters. The molecule has 0 N–H and O–H groups in total. The highest BCUT2D eigenvalue weighted by Gasteiger charge is 2.38. The van der Waals surface area contributed by atoms with Crippen LogP contribution in [-0.4, -0.2) is 18.5 Å². The monoisotopic (exact) mass is 260 g/mol. The number of ether oxygens (including phenoxy) is 1. The first-order valence-electron chi connectivity index (χ1n) is 7.31. The second-order valence-corrected chi connectivity index (χ2v) is 5.64. The van der Waals surface area contributed by atoms with Gasteiger partial charge in [0, 0.05) is 13.5 Å². The fourth-order valence-electron chi connectivity index (χ4n) is 3.04. The summed E-state index contributed by atoms with van der Waals surface area (Å²) in [6, 6.07) is 8.13. The van der Waals surface area contributed by atoms with Crippen LogP contribution in [0.2, 0.25) is 0 Å². The first-order valence-corrected chi connectivity index (χ1v) is 7.31. The Morgan fingerprint density at radius 3 is 2.37 bits per heavy atom. The zero-order chi connectivity index (χ0) is 13.7. The van der Waals surface area contributed by atoms with E-state index in [4.69, 9.17) is 4.74 Å². The summed E-state index contributed by atoms with van der Waals surface area (Å²) >= 11 is 0. The number of rotatable bonds is 4. The molecule has 1 aliphatic carbocycles. The first kappa shape index (κ1) is 14.3. The maximum absolute atomic E-state index is 12.7. The van der Waals surface area contributed by atoms with Crippen molar-refractivity contribution in [3.63, 3.8) is 0 Å². The molecule has 0 amide bonds. The average Bonchev–Trinajstić information content (AvgIpc) is 2.67. The van der Waals surface area contributed by atoms with E-state index in [0.717, 1.165) is 31.2 Å². The van der Waals surface area contributed by atoms with Gasteiger partial charge in [0.05, 0.1) is 0 Å². The molecule has 19 heavy (non-hydrogen) atoms. The second-order valence-electron chi connectivity index (χ2n) is 5.64. The first-order chi connectivity index (χ1) is 9.18. The molecular formula is C17H24O2. The van der Waals surface area contributed by atoms with Crippen LogP contribution in [0.1, 0.15) is 49.7 Å². The molecule has 2 heteroatoms. The average molecular weight is 260 g/mol. The predicted molar refractivity (Wildman–Crippen MR) is 77.3 cm³/mol. The molecule has 1 aromatic carbocycles. The summed E-state index contributed by atoms with van der Waals surface area (Å²) in [6.07, 6.45) is 6.93. The van der Waals surface area contributed by atoms with Gasteiger partial charge in [-0.2, -0.15) is 0 Å². The van der Waals surface area contributed by atoms with Gasteiger partial charge in [-0.05, 0) is 30.9 Å². The highest BCUT2D eigenvalue weighted by atomic mass is 16.5. The van der Waals surface area contributed by atoms with Crippen LogP contribution in [-0.2, 0) is 16.0 Å². The summed E-state index contributed by atoms with van der Waals surface area (Å²) in [7, 11) is 1.70. The summed E-state index contributed by atoms with van der Waals surface area (Å²) in [5, 5.41) is 0. The highest BCUT2D eigenvalue weighted by molar-refractivity contribution is 5.89. The Labute approximate surface area is 116 Å². The number of benzene rings is 1. The zero-order valence-corrected chi connectivity index (χ0v) is 12.1. The Bertz CT molecular complexity index is 429. The summed E-state index contributed by atoms with van der Waals surface area (Å²) in [6.45, 7) is 2.06. The summed E-state index contributed by atoms with van der Waals surface area (Å²) in [4.78, 5) is 12.7. The highest BCUT2D eigenvalue weighted by Crippen LogP contribution is 2.32. The van der Waals surface area contributed by atoms with Gasteiger partial charge >= 0.3 is 0 Å². The van der Waals surface area contributed by atoms with Gasteiger partial charge in [0.2, 0.25) is 0 Å². The molecule has 2 rings (SSSR count). The van der Waals surface area contributed by atoms with Crippen LogP contribution in [0.15, 0.2) is 24.3 Å².